The first-order chi connectivity index (χ1) is 23.6. The van der Waals surface area contributed by atoms with Crippen LogP contribution in [0.1, 0.15) is 66.1 Å². The zero-order valence-electron chi connectivity index (χ0n) is 27.7. The van der Waals surface area contributed by atoms with Gasteiger partial charge in [-0.2, -0.15) is 0 Å². The molecule has 1 aliphatic heterocycles. The van der Waals surface area contributed by atoms with E-state index in [0.29, 0.717) is 25.2 Å². The lowest BCUT2D eigenvalue weighted by atomic mass is 9.90. The number of aliphatic hydroxyl groups is 2. The fourth-order valence-electron chi connectivity index (χ4n) is 6.05. The van der Waals surface area contributed by atoms with Crippen LogP contribution in [0.5, 0.6) is 5.75 Å². The minimum Gasteiger partial charge on any atom is -0.508 e. The van der Waals surface area contributed by atoms with Crippen LogP contribution in [0.3, 0.4) is 0 Å². The number of nitrogens with one attached hydrogen (secondary N) is 1. The first-order valence-electron chi connectivity index (χ1n) is 16.4. The number of ether oxygens (including phenoxy) is 2. The SMILES string of the molecule is C[C@H]1[C@@H](CN(C)C[C@@H](O)c2cccc(O)c2)O[C@@H](c2ccc(-c3cccc(CNC(=O)CCC(=O)O)c3)cc2)O[C@H]1c1ccc(CO)cc1. The predicted octanol–water partition coefficient (Wildman–Crippen LogP) is 5.49. The molecule has 0 unspecified atom stereocenters. The molecule has 1 amide bonds. The van der Waals surface area contributed by atoms with Crippen molar-refractivity contribution in [1.82, 2.24) is 10.2 Å². The van der Waals surface area contributed by atoms with Crippen molar-refractivity contribution in [3.63, 3.8) is 0 Å². The zero-order valence-corrected chi connectivity index (χ0v) is 27.7. The lowest BCUT2D eigenvalue weighted by molar-refractivity contribution is -0.276. The molecule has 0 radical (unpaired) electrons. The van der Waals surface area contributed by atoms with E-state index < -0.39 is 18.4 Å². The molecular weight excluding hydrogens is 624 g/mol. The van der Waals surface area contributed by atoms with Crippen molar-refractivity contribution in [3.05, 3.63) is 125 Å². The van der Waals surface area contributed by atoms with Crippen molar-refractivity contribution >= 4 is 11.9 Å². The molecule has 1 heterocycles. The van der Waals surface area contributed by atoms with E-state index in [1.54, 1.807) is 24.3 Å². The fourth-order valence-corrected chi connectivity index (χ4v) is 6.05. The van der Waals surface area contributed by atoms with Gasteiger partial charge >= 0.3 is 5.97 Å². The molecule has 5 rings (SSSR count). The number of aromatic hydroxyl groups is 1. The zero-order chi connectivity index (χ0) is 34.9. The second-order valence-corrected chi connectivity index (χ2v) is 12.6. The Morgan fingerprint density at radius 1 is 0.857 bits per heavy atom. The van der Waals surface area contributed by atoms with Crippen LogP contribution in [0.4, 0.5) is 0 Å². The number of nitrogens with zero attached hydrogens (tertiary/aromatic N) is 1. The molecule has 5 atom stereocenters. The van der Waals surface area contributed by atoms with E-state index in [2.05, 4.69) is 12.2 Å². The highest BCUT2D eigenvalue weighted by molar-refractivity contribution is 5.80. The van der Waals surface area contributed by atoms with Gasteiger partial charge in [0.1, 0.15) is 5.75 Å². The lowest BCUT2D eigenvalue weighted by Crippen LogP contribution is -2.44. The number of carboxylic acids is 1. The van der Waals surface area contributed by atoms with Gasteiger partial charge in [0.2, 0.25) is 5.91 Å². The molecule has 0 aliphatic carbocycles. The largest absolute Gasteiger partial charge is 0.508 e. The number of hydrogen-bond donors (Lipinski definition) is 5. The van der Waals surface area contributed by atoms with Gasteiger partial charge in [0.05, 0.1) is 31.3 Å². The van der Waals surface area contributed by atoms with Crippen LogP contribution >= 0.6 is 0 Å². The summed E-state index contributed by atoms with van der Waals surface area (Å²) in [6, 6.07) is 30.2. The molecule has 0 spiro atoms. The maximum atomic E-state index is 12.0. The summed E-state index contributed by atoms with van der Waals surface area (Å²) >= 11 is 0. The first kappa shape index (κ1) is 35.7. The molecule has 10 heteroatoms. The van der Waals surface area contributed by atoms with Crippen molar-refractivity contribution in [1.29, 1.82) is 0 Å². The van der Waals surface area contributed by atoms with E-state index in [9.17, 15) is 24.9 Å². The van der Waals surface area contributed by atoms with Crippen molar-refractivity contribution in [2.75, 3.05) is 20.1 Å². The number of hydrogen-bond acceptors (Lipinski definition) is 8. The van der Waals surface area contributed by atoms with Crippen LogP contribution in [0.2, 0.25) is 0 Å². The summed E-state index contributed by atoms with van der Waals surface area (Å²) in [5.41, 5.74) is 6.12. The third kappa shape index (κ3) is 9.75. The van der Waals surface area contributed by atoms with Crippen LogP contribution in [-0.2, 0) is 32.2 Å². The van der Waals surface area contributed by atoms with E-state index in [0.717, 1.165) is 33.4 Å². The molecule has 49 heavy (non-hydrogen) atoms. The Morgan fingerprint density at radius 3 is 2.27 bits per heavy atom. The second kappa shape index (κ2) is 16.7. The van der Waals surface area contributed by atoms with Crippen LogP contribution in [0, 0.1) is 5.92 Å². The summed E-state index contributed by atoms with van der Waals surface area (Å²) in [5, 5.41) is 41.9. The molecule has 10 nitrogen and oxygen atoms in total. The highest BCUT2D eigenvalue weighted by Crippen LogP contribution is 2.42. The summed E-state index contributed by atoms with van der Waals surface area (Å²) in [4.78, 5) is 24.8. The van der Waals surface area contributed by atoms with Crippen LogP contribution in [0.15, 0.2) is 97.1 Å². The Morgan fingerprint density at radius 2 is 1.57 bits per heavy atom. The monoisotopic (exact) mass is 668 g/mol. The number of aliphatic carboxylic acids is 1. The average Bonchev–Trinajstić information content (AvgIpc) is 3.11. The van der Waals surface area contributed by atoms with Crippen molar-refractivity contribution in [2.24, 2.45) is 5.92 Å². The van der Waals surface area contributed by atoms with Crippen LogP contribution in [-0.4, -0.2) is 63.4 Å². The summed E-state index contributed by atoms with van der Waals surface area (Å²) in [6.07, 6.45) is -2.25. The van der Waals surface area contributed by atoms with Gasteiger partial charge in [0, 0.05) is 37.5 Å². The maximum absolute atomic E-state index is 12.0. The number of phenolic OH excluding ortho intramolecular Hbond substituents is 1. The minimum atomic E-state index is -1.00. The molecule has 4 aromatic rings. The standard InChI is InChI=1S/C39H44N2O8/c1-25-35(23-41(2)22-34(44)32-7-4-8-33(43)20-32)48-39(49-38(25)29-11-9-26(24-42)10-12-29)30-15-13-28(14-16-30)31-6-3-5-27(19-31)21-40-36(45)17-18-37(46)47/h3-16,19-20,25,34-35,38-39,42-44H,17-18,21-24H2,1-2H3,(H,40,45)(H,46,47)/t25-,34+,35+,38+,39+/m0/s1. The Labute approximate surface area is 286 Å². The van der Waals surface area contributed by atoms with E-state index in [1.165, 1.54) is 0 Å². The van der Waals surface area contributed by atoms with Gasteiger partial charge in [-0.1, -0.05) is 85.8 Å². The van der Waals surface area contributed by atoms with E-state index >= 15 is 0 Å². The summed E-state index contributed by atoms with van der Waals surface area (Å²) in [7, 11) is 1.93. The smallest absolute Gasteiger partial charge is 0.303 e. The lowest BCUT2D eigenvalue weighted by Gasteiger charge is -2.42. The maximum Gasteiger partial charge on any atom is 0.303 e. The van der Waals surface area contributed by atoms with Crippen molar-refractivity contribution in [2.45, 2.75) is 57.5 Å². The Hall–Kier alpha value is -4.58. The van der Waals surface area contributed by atoms with Crippen molar-refractivity contribution in [3.8, 4) is 16.9 Å². The van der Waals surface area contributed by atoms with E-state index in [1.807, 2.05) is 84.7 Å². The normalized spacial score (nSPS) is 19.8. The predicted molar refractivity (Wildman–Crippen MR) is 184 cm³/mol. The van der Waals surface area contributed by atoms with Gasteiger partial charge < -0.3 is 40.1 Å². The Balaban J connectivity index is 1.31. The molecule has 0 bridgehead atoms. The van der Waals surface area contributed by atoms with Gasteiger partial charge in [-0.15, -0.1) is 0 Å². The van der Waals surface area contributed by atoms with Crippen molar-refractivity contribution < 1.29 is 39.5 Å². The number of amides is 1. The van der Waals surface area contributed by atoms with Gasteiger partial charge in [0.15, 0.2) is 6.29 Å². The fraction of sp³-hybridized carbons (Fsp3) is 0.333. The van der Waals surface area contributed by atoms with Gasteiger partial charge in [-0.3, -0.25) is 9.59 Å². The number of aliphatic hydroxyl groups excluding tert-OH is 2. The summed E-state index contributed by atoms with van der Waals surface area (Å²) in [6.45, 7) is 3.22. The molecule has 0 saturated carbocycles. The number of benzene rings is 4. The molecular formula is C39H44N2O8. The highest BCUT2D eigenvalue weighted by Gasteiger charge is 2.39. The van der Waals surface area contributed by atoms with E-state index in [-0.39, 0.29) is 49.2 Å². The topological polar surface area (TPSA) is 149 Å². The molecule has 4 aromatic carbocycles. The molecule has 258 valence electrons. The number of carbonyl (C=O) groups excluding carboxylic acids is 1. The third-order valence-electron chi connectivity index (χ3n) is 8.85. The number of phenols is 1. The van der Waals surface area contributed by atoms with Gasteiger partial charge in [-0.05, 0) is 58.6 Å². The second-order valence-electron chi connectivity index (χ2n) is 12.6. The molecule has 5 N–H and O–H groups in total. The average molecular weight is 669 g/mol. The minimum absolute atomic E-state index is 0.0387. The van der Waals surface area contributed by atoms with Gasteiger partial charge in [0.25, 0.3) is 0 Å². The van der Waals surface area contributed by atoms with Crippen LogP contribution < -0.4 is 5.32 Å². The first-order valence-corrected chi connectivity index (χ1v) is 16.4. The highest BCUT2D eigenvalue weighted by atomic mass is 16.7. The molecule has 1 aliphatic rings. The Kier molecular flexibility index (Phi) is 12.2. The number of likely N-dealkylation sites (N-methyl/N-ethyl adjacent to an activating group) is 1. The third-order valence-corrected chi connectivity index (χ3v) is 8.85. The molecule has 0 aromatic heterocycles. The Bertz CT molecular complexity index is 1690. The van der Waals surface area contributed by atoms with E-state index in [4.69, 9.17) is 14.6 Å². The number of rotatable bonds is 14. The van der Waals surface area contributed by atoms with Gasteiger partial charge in [-0.25, -0.2) is 0 Å². The number of carbonyl (C=O) groups is 2. The quantitative estimate of drug-likeness (QED) is 0.118. The number of carboxylic acid groups (broad SMARTS) is 1. The molecule has 1 fully saturated rings. The molecule has 1 saturated heterocycles. The summed E-state index contributed by atoms with van der Waals surface area (Å²) < 4.78 is 13.2. The summed E-state index contributed by atoms with van der Waals surface area (Å²) in [5.74, 6) is -1.24. The van der Waals surface area contributed by atoms with Crippen LogP contribution in [0.25, 0.3) is 11.1 Å².